The summed E-state index contributed by atoms with van der Waals surface area (Å²) in [5, 5.41) is 4.49. The molecule has 10 heteroatoms. The van der Waals surface area contributed by atoms with Crippen LogP contribution in [0.2, 0.25) is 0 Å². The Morgan fingerprint density at radius 1 is 1.24 bits per heavy atom. The maximum atomic E-state index is 13.1. The monoisotopic (exact) mass is 373 g/mol. The first-order valence-corrected chi connectivity index (χ1v) is 8.71. The number of hydrogen-bond donors (Lipinski definition) is 0. The van der Waals surface area contributed by atoms with E-state index in [1.807, 2.05) is 6.20 Å². The summed E-state index contributed by atoms with van der Waals surface area (Å²) in [6, 6.07) is 0. The molecule has 1 saturated heterocycles. The number of piperazine rings is 1. The number of aryl methyl sites for hydroxylation is 2. The Kier molecular flexibility index (Phi) is 4.72. The Labute approximate surface area is 146 Å². The second kappa shape index (κ2) is 6.66. The molecule has 0 aliphatic carbocycles. The number of amides is 1. The quantitative estimate of drug-likeness (QED) is 0.829. The summed E-state index contributed by atoms with van der Waals surface area (Å²) in [6.07, 6.45) is -0.874. The summed E-state index contributed by atoms with van der Waals surface area (Å²) in [4.78, 5) is 21.6. The van der Waals surface area contributed by atoms with Gasteiger partial charge in [0.1, 0.15) is 0 Å². The minimum absolute atomic E-state index is 0.353. The van der Waals surface area contributed by atoms with Crippen molar-refractivity contribution in [3.8, 4) is 0 Å². The fourth-order valence-corrected chi connectivity index (χ4v) is 3.71. The molecule has 2 aromatic rings. The lowest BCUT2D eigenvalue weighted by Gasteiger charge is -2.34. The minimum atomic E-state index is -4.62. The van der Waals surface area contributed by atoms with E-state index >= 15 is 0 Å². The molecule has 0 saturated carbocycles. The SMILES string of the molecule is CCc1cnc(N2CCN(C(=O)c3cnn(C)c3C(F)(F)F)CC2)s1. The van der Waals surface area contributed by atoms with Crippen LogP contribution in [0.3, 0.4) is 0 Å². The third kappa shape index (κ3) is 3.48. The van der Waals surface area contributed by atoms with Gasteiger partial charge in [0.05, 0.1) is 11.8 Å². The zero-order valence-corrected chi connectivity index (χ0v) is 14.7. The molecule has 0 aromatic carbocycles. The van der Waals surface area contributed by atoms with E-state index in [1.165, 1.54) is 16.8 Å². The van der Waals surface area contributed by atoms with Crippen LogP contribution >= 0.6 is 11.3 Å². The van der Waals surface area contributed by atoms with Crippen LogP contribution in [0, 0.1) is 0 Å². The fourth-order valence-electron chi connectivity index (χ4n) is 2.81. The third-order valence-electron chi connectivity index (χ3n) is 4.16. The van der Waals surface area contributed by atoms with Crippen molar-refractivity contribution in [1.29, 1.82) is 0 Å². The van der Waals surface area contributed by atoms with Gasteiger partial charge in [-0.1, -0.05) is 6.92 Å². The predicted octanol–water partition coefficient (Wildman–Crippen LogP) is 2.42. The van der Waals surface area contributed by atoms with Crippen LogP contribution in [0.4, 0.5) is 18.3 Å². The van der Waals surface area contributed by atoms with E-state index in [-0.39, 0.29) is 0 Å². The molecule has 136 valence electrons. The van der Waals surface area contributed by atoms with Crippen molar-refractivity contribution in [3.63, 3.8) is 0 Å². The molecule has 0 N–H and O–H groups in total. The van der Waals surface area contributed by atoms with Crippen molar-refractivity contribution in [3.05, 3.63) is 28.5 Å². The third-order valence-corrected chi connectivity index (χ3v) is 5.37. The summed E-state index contributed by atoms with van der Waals surface area (Å²) in [6.45, 7) is 3.85. The van der Waals surface area contributed by atoms with Crippen LogP contribution in [-0.2, 0) is 19.6 Å². The molecule has 0 atom stereocenters. The highest BCUT2D eigenvalue weighted by molar-refractivity contribution is 7.15. The molecule has 0 spiro atoms. The normalized spacial score (nSPS) is 15.7. The Morgan fingerprint density at radius 3 is 2.48 bits per heavy atom. The molecule has 1 amide bonds. The number of rotatable bonds is 3. The first kappa shape index (κ1) is 17.7. The molecule has 1 fully saturated rings. The first-order valence-electron chi connectivity index (χ1n) is 7.89. The smallest absolute Gasteiger partial charge is 0.345 e. The Hall–Kier alpha value is -2.10. The Balaban J connectivity index is 1.70. The number of anilines is 1. The summed E-state index contributed by atoms with van der Waals surface area (Å²) >= 11 is 1.60. The maximum Gasteiger partial charge on any atom is 0.433 e. The van der Waals surface area contributed by atoms with Crippen LogP contribution < -0.4 is 4.90 Å². The van der Waals surface area contributed by atoms with Crippen LogP contribution in [-0.4, -0.2) is 51.8 Å². The van der Waals surface area contributed by atoms with Crippen molar-refractivity contribution in [2.45, 2.75) is 19.5 Å². The highest BCUT2D eigenvalue weighted by Gasteiger charge is 2.40. The standard InChI is InChI=1S/C15H18F3N5OS/c1-3-10-8-19-14(25-10)23-6-4-22(5-7-23)13(24)11-9-20-21(2)12(11)15(16,17)18/h8-9H,3-7H2,1-2H3. The molecule has 0 unspecified atom stereocenters. The number of halogens is 3. The van der Waals surface area contributed by atoms with E-state index in [1.54, 1.807) is 11.3 Å². The summed E-state index contributed by atoms with van der Waals surface area (Å²) < 4.78 is 40.1. The van der Waals surface area contributed by atoms with Gasteiger partial charge in [0, 0.05) is 44.3 Å². The van der Waals surface area contributed by atoms with Gasteiger partial charge >= 0.3 is 6.18 Å². The minimum Gasteiger partial charge on any atom is -0.345 e. The maximum absolute atomic E-state index is 13.1. The molecule has 1 aliphatic heterocycles. The number of alkyl halides is 3. The van der Waals surface area contributed by atoms with Crippen molar-refractivity contribution < 1.29 is 18.0 Å². The molecule has 3 heterocycles. The topological polar surface area (TPSA) is 54.3 Å². The van der Waals surface area contributed by atoms with Crippen LogP contribution in [0.1, 0.15) is 27.9 Å². The van der Waals surface area contributed by atoms with Gasteiger partial charge < -0.3 is 9.80 Å². The van der Waals surface area contributed by atoms with Gasteiger partial charge in [0.25, 0.3) is 5.91 Å². The van der Waals surface area contributed by atoms with Crippen molar-refractivity contribution >= 4 is 22.4 Å². The van der Waals surface area contributed by atoms with E-state index in [0.717, 1.165) is 17.7 Å². The van der Waals surface area contributed by atoms with Crippen LogP contribution in [0.5, 0.6) is 0 Å². The molecule has 0 bridgehead atoms. The highest BCUT2D eigenvalue weighted by Crippen LogP contribution is 2.32. The predicted molar refractivity (Wildman–Crippen MR) is 87.8 cm³/mol. The number of hydrogen-bond acceptors (Lipinski definition) is 5. The molecule has 1 aliphatic rings. The zero-order valence-electron chi connectivity index (χ0n) is 13.9. The van der Waals surface area contributed by atoms with Crippen molar-refractivity contribution in [2.24, 2.45) is 7.05 Å². The summed E-state index contributed by atoms with van der Waals surface area (Å²) in [7, 11) is 1.19. The second-order valence-corrected chi connectivity index (χ2v) is 6.86. The number of nitrogens with zero attached hydrogens (tertiary/aromatic N) is 5. The van der Waals surface area contributed by atoms with Crippen molar-refractivity contribution in [2.75, 3.05) is 31.1 Å². The number of thiazole rings is 1. The van der Waals surface area contributed by atoms with E-state index in [9.17, 15) is 18.0 Å². The fraction of sp³-hybridized carbons (Fsp3) is 0.533. The lowest BCUT2D eigenvalue weighted by atomic mass is 10.2. The van der Waals surface area contributed by atoms with E-state index in [0.29, 0.717) is 30.9 Å². The molecule has 2 aromatic heterocycles. The van der Waals surface area contributed by atoms with Gasteiger partial charge in [-0.05, 0) is 6.42 Å². The number of carbonyl (C=O) groups excluding carboxylic acids is 1. The number of aromatic nitrogens is 3. The number of carbonyl (C=O) groups is 1. The molecular weight excluding hydrogens is 355 g/mol. The second-order valence-electron chi connectivity index (χ2n) is 5.77. The van der Waals surface area contributed by atoms with Crippen LogP contribution in [0.25, 0.3) is 0 Å². The largest absolute Gasteiger partial charge is 0.433 e. The zero-order chi connectivity index (χ0) is 18.2. The lowest BCUT2D eigenvalue weighted by Crippen LogP contribution is -2.49. The molecule has 25 heavy (non-hydrogen) atoms. The average Bonchev–Trinajstić information content (AvgIpc) is 3.20. The van der Waals surface area contributed by atoms with Gasteiger partial charge in [0.15, 0.2) is 10.8 Å². The Bertz CT molecular complexity index is 762. The molecular formula is C15H18F3N5OS. The van der Waals surface area contributed by atoms with E-state index < -0.39 is 23.3 Å². The van der Waals surface area contributed by atoms with Gasteiger partial charge in [-0.15, -0.1) is 11.3 Å². The highest BCUT2D eigenvalue weighted by atomic mass is 32.1. The molecule has 6 nitrogen and oxygen atoms in total. The lowest BCUT2D eigenvalue weighted by molar-refractivity contribution is -0.144. The van der Waals surface area contributed by atoms with Gasteiger partial charge in [-0.25, -0.2) is 4.98 Å². The van der Waals surface area contributed by atoms with Crippen LogP contribution in [0.15, 0.2) is 12.4 Å². The first-order chi connectivity index (χ1) is 11.8. The van der Waals surface area contributed by atoms with Gasteiger partial charge in [0.2, 0.25) is 0 Å². The van der Waals surface area contributed by atoms with E-state index in [2.05, 4.69) is 21.9 Å². The van der Waals surface area contributed by atoms with Gasteiger partial charge in [-0.3, -0.25) is 9.48 Å². The molecule has 3 rings (SSSR count). The summed E-state index contributed by atoms with van der Waals surface area (Å²) in [5.74, 6) is -0.631. The Morgan fingerprint density at radius 2 is 1.92 bits per heavy atom. The average molecular weight is 373 g/mol. The van der Waals surface area contributed by atoms with Crippen molar-refractivity contribution in [1.82, 2.24) is 19.7 Å². The molecule has 0 radical (unpaired) electrons. The summed E-state index contributed by atoms with van der Waals surface area (Å²) in [5.41, 5.74) is -1.40. The van der Waals surface area contributed by atoms with E-state index in [4.69, 9.17) is 0 Å². The van der Waals surface area contributed by atoms with Gasteiger partial charge in [-0.2, -0.15) is 18.3 Å².